The van der Waals surface area contributed by atoms with E-state index in [0.717, 1.165) is 19.3 Å². The van der Waals surface area contributed by atoms with Crippen LogP contribution in [-0.4, -0.2) is 39.6 Å². The molecule has 1 aliphatic carbocycles. The number of nitrogens with zero attached hydrogens (tertiary/aromatic N) is 3. The first-order valence-corrected chi connectivity index (χ1v) is 5.84. The molecule has 0 spiro atoms. The highest BCUT2D eigenvalue weighted by atomic mass is 16.4. The van der Waals surface area contributed by atoms with Gasteiger partial charge < -0.3 is 21.4 Å². The molecule has 1 aromatic heterocycles. The number of nitrogens with one attached hydrogen (secondary N) is 1. The van der Waals surface area contributed by atoms with E-state index in [4.69, 9.17) is 10.9 Å². The van der Waals surface area contributed by atoms with Gasteiger partial charge in [-0.15, -0.1) is 0 Å². The molecular weight excluding hydrogens is 234 g/mol. The quantitative estimate of drug-likeness (QED) is 0.343. The van der Waals surface area contributed by atoms with E-state index in [2.05, 4.69) is 20.4 Å². The fraction of sp³-hybridized carbons (Fsp3) is 0.545. The lowest BCUT2D eigenvalue weighted by molar-refractivity contribution is 0.0576. The van der Waals surface area contributed by atoms with Gasteiger partial charge in [0.05, 0.1) is 18.4 Å². The molecule has 98 valence electrons. The number of rotatable bonds is 5. The van der Waals surface area contributed by atoms with Crippen molar-refractivity contribution in [2.24, 2.45) is 10.6 Å². The number of anilines is 2. The van der Waals surface area contributed by atoms with Gasteiger partial charge in [-0.25, -0.2) is 4.98 Å². The van der Waals surface area contributed by atoms with Crippen molar-refractivity contribution in [1.82, 2.24) is 9.97 Å². The molecule has 18 heavy (non-hydrogen) atoms. The third kappa shape index (κ3) is 2.51. The number of hydrogen-bond donors (Lipinski definition) is 4. The Morgan fingerprint density at radius 1 is 1.56 bits per heavy atom. The van der Waals surface area contributed by atoms with Crippen LogP contribution in [0.15, 0.2) is 11.4 Å². The number of hydrogen-bond acceptors (Lipinski definition) is 7. The number of oxime groups is 1. The molecule has 0 aliphatic heterocycles. The summed E-state index contributed by atoms with van der Waals surface area (Å²) < 4.78 is 0. The Labute approximate surface area is 105 Å². The fourth-order valence-electron chi connectivity index (χ4n) is 2.04. The molecule has 1 aromatic rings. The third-order valence-electron chi connectivity index (χ3n) is 3.41. The van der Waals surface area contributed by atoms with Gasteiger partial charge in [0.25, 0.3) is 0 Å². The van der Waals surface area contributed by atoms with Crippen molar-refractivity contribution < 1.29 is 10.3 Å². The molecule has 1 aliphatic rings. The first-order valence-electron chi connectivity index (χ1n) is 5.84. The predicted octanol–water partition coefficient (Wildman–Crippen LogP) is 0.441. The normalized spacial score (nSPS) is 17.6. The van der Waals surface area contributed by atoms with Crippen LogP contribution in [0.3, 0.4) is 0 Å². The zero-order chi connectivity index (χ0) is 13.0. The minimum absolute atomic E-state index is 0.0622. The Balaban J connectivity index is 2.10. The number of aliphatic hydroxyl groups excluding tert-OH is 1. The first kappa shape index (κ1) is 12.6. The van der Waals surface area contributed by atoms with Crippen LogP contribution in [0.4, 0.5) is 11.8 Å². The van der Waals surface area contributed by atoms with Crippen molar-refractivity contribution in [1.29, 1.82) is 0 Å². The summed E-state index contributed by atoms with van der Waals surface area (Å²) in [5.41, 5.74) is 6.02. The van der Waals surface area contributed by atoms with Crippen LogP contribution in [0.25, 0.3) is 0 Å². The van der Waals surface area contributed by atoms with Gasteiger partial charge in [-0.1, -0.05) is 11.6 Å². The van der Waals surface area contributed by atoms with Crippen LogP contribution in [0, 0.1) is 5.41 Å². The van der Waals surface area contributed by atoms with Crippen LogP contribution >= 0.6 is 0 Å². The third-order valence-corrected chi connectivity index (χ3v) is 3.41. The van der Waals surface area contributed by atoms with Crippen molar-refractivity contribution >= 4 is 18.0 Å². The van der Waals surface area contributed by atoms with Crippen molar-refractivity contribution in [2.75, 3.05) is 24.2 Å². The minimum Gasteiger partial charge on any atom is -0.411 e. The maximum atomic E-state index is 9.38. The molecule has 0 aromatic carbocycles. The highest BCUT2D eigenvalue weighted by Crippen LogP contribution is 2.40. The van der Waals surface area contributed by atoms with E-state index < -0.39 is 0 Å². The molecule has 0 radical (unpaired) electrons. The topological polar surface area (TPSA) is 117 Å². The molecule has 0 saturated heterocycles. The summed E-state index contributed by atoms with van der Waals surface area (Å²) in [6.07, 6.45) is 5.87. The lowest BCUT2D eigenvalue weighted by atomic mass is 9.69. The molecule has 7 nitrogen and oxygen atoms in total. The van der Waals surface area contributed by atoms with Crippen LogP contribution in [-0.2, 0) is 0 Å². The van der Waals surface area contributed by atoms with Crippen molar-refractivity contribution in [2.45, 2.75) is 19.3 Å². The van der Waals surface area contributed by atoms with Gasteiger partial charge in [0.1, 0.15) is 5.82 Å². The Hall–Kier alpha value is -1.89. The van der Waals surface area contributed by atoms with Crippen LogP contribution < -0.4 is 11.1 Å². The summed E-state index contributed by atoms with van der Waals surface area (Å²) in [5, 5.41) is 24.0. The van der Waals surface area contributed by atoms with Crippen LogP contribution in [0.2, 0.25) is 0 Å². The number of aliphatic hydroxyl groups is 1. The van der Waals surface area contributed by atoms with E-state index in [1.807, 2.05) is 0 Å². The lowest BCUT2D eigenvalue weighted by Gasteiger charge is -2.40. The number of aromatic nitrogens is 2. The van der Waals surface area contributed by atoms with Crippen LogP contribution in [0.5, 0.6) is 0 Å². The largest absolute Gasteiger partial charge is 0.411 e. The zero-order valence-corrected chi connectivity index (χ0v) is 10.0. The minimum atomic E-state index is -0.0622. The summed E-state index contributed by atoms with van der Waals surface area (Å²) in [6.45, 7) is 0.774. The van der Waals surface area contributed by atoms with E-state index in [-0.39, 0.29) is 18.0 Å². The Morgan fingerprint density at radius 3 is 2.89 bits per heavy atom. The summed E-state index contributed by atoms with van der Waals surface area (Å²) in [6, 6.07) is 0. The Kier molecular flexibility index (Phi) is 3.61. The van der Waals surface area contributed by atoms with E-state index >= 15 is 0 Å². The Bertz CT molecular complexity index is 440. The molecule has 5 N–H and O–H groups in total. The maximum Gasteiger partial charge on any atom is 0.221 e. The van der Waals surface area contributed by atoms with Gasteiger partial charge in [-0.2, -0.15) is 4.98 Å². The number of nitrogens with two attached hydrogens (primary N) is 1. The van der Waals surface area contributed by atoms with Crippen molar-refractivity contribution in [3.8, 4) is 0 Å². The molecule has 0 amide bonds. The fourth-order valence-corrected chi connectivity index (χ4v) is 2.04. The molecule has 0 unspecified atom stereocenters. The standard InChI is InChI=1S/C11H17N5O2/c12-10-13-4-8(5-15-18)9(16-10)14-6-11(7-17)2-1-3-11/h4-5,17-18H,1-3,6-7H2,(H3,12,13,14,16)/b15-5-. The molecule has 0 atom stereocenters. The van der Waals surface area contributed by atoms with Gasteiger partial charge in [0, 0.05) is 18.2 Å². The van der Waals surface area contributed by atoms with Crippen molar-refractivity contribution in [3.63, 3.8) is 0 Å². The van der Waals surface area contributed by atoms with Gasteiger partial charge in [-0.05, 0) is 12.8 Å². The molecule has 1 fully saturated rings. The molecule has 0 bridgehead atoms. The monoisotopic (exact) mass is 251 g/mol. The van der Waals surface area contributed by atoms with E-state index in [0.29, 0.717) is 17.9 Å². The summed E-state index contributed by atoms with van der Waals surface area (Å²) >= 11 is 0. The first-order chi connectivity index (χ1) is 8.69. The van der Waals surface area contributed by atoms with E-state index in [1.54, 1.807) is 0 Å². The molecule has 2 rings (SSSR count). The predicted molar refractivity (Wildman–Crippen MR) is 67.7 cm³/mol. The molecule has 7 heteroatoms. The SMILES string of the molecule is Nc1ncc(/C=N\O)c(NCC2(CO)CCC2)n1. The second kappa shape index (κ2) is 5.18. The lowest BCUT2D eigenvalue weighted by Crippen LogP contribution is -2.40. The van der Waals surface area contributed by atoms with Gasteiger partial charge >= 0.3 is 0 Å². The molecular formula is C11H17N5O2. The molecule has 1 saturated carbocycles. The van der Waals surface area contributed by atoms with Crippen molar-refractivity contribution in [3.05, 3.63) is 11.8 Å². The van der Waals surface area contributed by atoms with Gasteiger partial charge in [0.2, 0.25) is 5.95 Å². The summed E-state index contributed by atoms with van der Waals surface area (Å²) in [5.74, 6) is 0.666. The smallest absolute Gasteiger partial charge is 0.221 e. The second-order valence-corrected chi connectivity index (χ2v) is 4.64. The number of nitrogen functional groups attached to an aromatic ring is 1. The van der Waals surface area contributed by atoms with Crippen LogP contribution in [0.1, 0.15) is 24.8 Å². The Morgan fingerprint density at radius 2 is 2.33 bits per heavy atom. The van der Waals surface area contributed by atoms with E-state index in [1.165, 1.54) is 12.4 Å². The van der Waals surface area contributed by atoms with Gasteiger partial charge in [0.15, 0.2) is 0 Å². The van der Waals surface area contributed by atoms with Gasteiger partial charge in [-0.3, -0.25) is 0 Å². The summed E-state index contributed by atoms with van der Waals surface area (Å²) in [7, 11) is 0. The maximum absolute atomic E-state index is 9.38. The van der Waals surface area contributed by atoms with E-state index in [9.17, 15) is 5.11 Å². The highest BCUT2D eigenvalue weighted by Gasteiger charge is 2.36. The average Bonchev–Trinajstić information content (AvgIpc) is 2.32. The highest BCUT2D eigenvalue weighted by molar-refractivity contribution is 5.85. The zero-order valence-electron chi connectivity index (χ0n) is 10.0. The molecule has 1 heterocycles. The average molecular weight is 251 g/mol. The second-order valence-electron chi connectivity index (χ2n) is 4.64. The summed E-state index contributed by atoms with van der Waals surface area (Å²) in [4.78, 5) is 7.89.